The van der Waals surface area contributed by atoms with Gasteiger partial charge in [0.1, 0.15) is 0 Å². The smallest absolute Gasteiger partial charge is 0.269 e. The monoisotopic (exact) mass is 275 g/mol. The van der Waals surface area contributed by atoms with E-state index >= 15 is 0 Å². The summed E-state index contributed by atoms with van der Waals surface area (Å²) in [5.41, 5.74) is 4.78. The van der Waals surface area contributed by atoms with Gasteiger partial charge in [-0.15, -0.1) is 0 Å². The summed E-state index contributed by atoms with van der Waals surface area (Å²) in [5.74, 6) is -0.346. The topological polar surface area (TPSA) is 38.3 Å². The van der Waals surface area contributed by atoms with Crippen LogP contribution in [0.5, 0.6) is 0 Å². The summed E-state index contributed by atoms with van der Waals surface area (Å²) in [6, 6.07) is 14.9. The molecule has 0 fully saturated rings. The molecule has 2 aromatic carbocycles. The molecule has 3 nitrogen and oxygen atoms in total. The number of nitrogens with one attached hydrogen (secondary N) is 1. The Kier molecular flexibility index (Phi) is 4.55. The summed E-state index contributed by atoms with van der Waals surface area (Å²) >= 11 is 6.00. The van der Waals surface area contributed by atoms with Gasteiger partial charge in [0.05, 0.1) is 17.2 Å². The number of hydrogen-bond donors (Lipinski definition) is 1. The van der Waals surface area contributed by atoms with E-state index in [2.05, 4.69) is 5.48 Å². The van der Waals surface area contributed by atoms with Crippen LogP contribution in [-0.2, 0) is 11.4 Å². The zero-order valence-electron chi connectivity index (χ0n) is 10.5. The molecule has 1 N–H and O–H groups in total. The zero-order chi connectivity index (χ0) is 13.7. The Morgan fingerprint density at radius 2 is 1.95 bits per heavy atom. The first-order valence-corrected chi connectivity index (χ1v) is 6.27. The van der Waals surface area contributed by atoms with E-state index in [0.717, 1.165) is 11.1 Å². The van der Waals surface area contributed by atoms with Crippen molar-refractivity contribution in [2.45, 2.75) is 13.5 Å². The molecular formula is C15H14ClNO2. The van der Waals surface area contributed by atoms with Gasteiger partial charge in [0.2, 0.25) is 0 Å². The Morgan fingerprint density at radius 1 is 1.21 bits per heavy atom. The highest BCUT2D eigenvalue weighted by Crippen LogP contribution is 2.17. The van der Waals surface area contributed by atoms with Crippen LogP contribution in [0.2, 0.25) is 5.02 Å². The van der Waals surface area contributed by atoms with E-state index < -0.39 is 0 Å². The first-order chi connectivity index (χ1) is 9.16. The van der Waals surface area contributed by atoms with Crippen molar-refractivity contribution in [2.24, 2.45) is 0 Å². The molecule has 0 atom stereocenters. The van der Waals surface area contributed by atoms with E-state index in [4.69, 9.17) is 16.4 Å². The van der Waals surface area contributed by atoms with E-state index in [1.54, 1.807) is 12.1 Å². The molecule has 1 amide bonds. The van der Waals surface area contributed by atoms with E-state index in [0.29, 0.717) is 17.2 Å². The number of rotatable bonds is 4. The standard InChI is InChI=1S/C15H14ClNO2/c1-11-7-8-13(14(16)9-11)15(18)17-19-10-12-5-3-2-4-6-12/h2-9H,10H2,1H3,(H,17,18). The molecule has 2 aromatic rings. The van der Waals surface area contributed by atoms with Gasteiger partial charge in [-0.2, -0.15) is 0 Å². The minimum Gasteiger partial charge on any atom is -0.269 e. The van der Waals surface area contributed by atoms with Crippen molar-refractivity contribution in [1.82, 2.24) is 5.48 Å². The van der Waals surface area contributed by atoms with Crippen LogP contribution < -0.4 is 5.48 Å². The lowest BCUT2D eigenvalue weighted by Gasteiger charge is -2.07. The van der Waals surface area contributed by atoms with Gasteiger partial charge in [0.25, 0.3) is 5.91 Å². The fourth-order valence-corrected chi connectivity index (χ4v) is 1.94. The fourth-order valence-electron chi connectivity index (χ4n) is 1.62. The van der Waals surface area contributed by atoms with Gasteiger partial charge in [-0.1, -0.05) is 48.0 Å². The first kappa shape index (κ1) is 13.6. The Balaban J connectivity index is 1.91. The van der Waals surface area contributed by atoms with Gasteiger partial charge in [-0.05, 0) is 30.2 Å². The maximum atomic E-state index is 11.8. The molecule has 0 aromatic heterocycles. The van der Waals surface area contributed by atoms with Crippen molar-refractivity contribution in [3.63, 3.8) is 0 Å². The third-order valence-electron chi connectivity index (χ3n) is 2.62. The van der Waals surface area contributed by atoms with Crippen LogP contribution in [-0.4, -0.2) is 5.91 Å². The molecule has 19 heavy (non-hydrogen) atoms. The second-order valence-corrected chi connectivity index (χ2v) is 4.60. The van der Waals surface area contributed by atoms with Gasteiger partial charge >= 0.3 is 0 Å². The second kappa shape index (κ2) is 6.36. The molecule has 0 aliphatic rings. The summed E-state index contributed by atoms with van der Waals surface area (Å²) in [7, 11) is 0. The number of benzene rings is 2. The molecule has 0 saturated carbocycles. The van der Waals surface area contributed by atoms with E-state index in [9.17, 15) is 4.79 Å². The van der Waals surface area contributed by atoms with Crippen LogP contribution in [0.25, 0.3) is 0 Å². The van der Waals surface area contributed by atoms with Crippen molar-refractivity contribution < 1.29 is 9.63 Å². The summed E-state index contributed by atoms with van der Waals surface area (Å²) in [6.45, 7) is 2.23. The quantitative estimate of drug-likeness (QED) is 0.867. The molecule has 0 spiro atoms. The number of aryl methyl sites for hydroxylation is 1. The Morgan fingerprint density at radius 3 is 2.63 bits per heavy atom. The minimum atomic E-state index is -0.346. The molecule has 0 unspecified atom stereocenters. The van der Waals surface area contributed by atoms with E-state index in [1.807, 2.05) is 43.3 Å². The largest absolute Gasteiger partial charge is 0.276 e. The van der Waals surface area contributed by atoms with Crippen LogP contribution in [0.3, 0.4) is 0 Å². The normalized spacial score (nSPS) is 10.2. The fraction of sp³-hybridized carbons (Fsp3) is 0.133. The Hall–Kier alpha value is -1.84. The lowest BCUT2D eigenvalue weighted by atomic mass is 10.1. The maximum Gasteiger partial charge on any atom is 0.276 e. The molecule has 0 heterocycles. The molecule has 4 heteroatoms. The SMILES string of the molecule is Cc1ccc(C(=O)NOCc2ccccc2)c(Cl)c1. The average Bonchev–Trinajstić information content (AvgIpc) is 2.39. The lowest BCUT2D eigenvalue weighted by Crippen LogP contribution is -2.23. The zero-order valence-corrected chi connectivity index (χ0v) is 11.3. The maximum absolute atomic E-state index is 11.8. The van der Waals surface area contributed by atoms with Gasteiger partial charge < -0.3 is 0 Å². The van der Waals surface area contributed by atoms with Crippen LogP contribution >= 0.6 is 11.6 Å². The van der Waals surface area contributed by atoms with Crippen LogP contribution in [0.15, 0.2) is 48.5 Å². The van der Waals surface area contributed by atoms with Crippen molar-refractivity contribution in [2.75, 3.05) is 0 Å². The second-order valence-electron chi connectivity index (χ2n) is 4.19. The number of carbonyl (C=O) groups is 1. The highest BCUT2D eigenvalue weighted by atomic mass is 35.5. The highest BCUT2D eigenvalue weighted by Gasteiger charge is 2.10. The van der Waals surface area contributed by atoms with Gasteiger partial charge in [-0.25, -0.2) is 5.48 Å². The molecule has 0 aliphatic carbocycles. The summed E-state index contributed by atoms with van der Waals surface area (Å²) in [4.78, 5) is 17.0. The molecule has 0 radical (unpaired) electrons. The minimum absolute atomic E-state index is 0.316. The van der Waals surface area contributed by atoms with Crippen LogP contribution in [0.4, 0.5) is 0 Å². The van der Waals surface area contributed by atoms with Gasteiger partial charge in [-0.3, -0.25) is 9.63 Å². The summed E-state index contributed by atoms with van der Waals surface area (Å²) in [5, 5.41) is 0.417. The highest BCUT2D eigenvalue weighted by molar-refractivity contribution is 6.33. The van der Waals surface area contributed by atoms with Gasteiger partial charge in [0.15, 0.2) is 0 Å². The van der Waals surface area contributed by atoms with Crippen molar-refractivity contribution >= 4 is 17.5 Å². The Labute approximate surface area is 117 Å². The number of carbonyl (C=O) groups excluding carboxylic acids is 1. The molecule has 2 rings (SSSR count). The van der Waals surface area contributed by atoms with Crippen LogP contribution in [0, 0.1) is 6.92 Å². The molecule has 0 saturated heterocycles. The molecular weight excluding hydrogens is 262 g/mol. The summed E-state index contributed by atoms with van der Waals surface area (Å²) < 4.78 is 0. The Bertz CT molecular complexity index is 570. The lowest BCUT2D eigenvalue weighted by molar-refractivity contribution is 0.0233. The predicted octanol–water partition coefficient (Wildman–Crippen LogP) is 3.51. The van der Waals surface area contributed by atoms with Crippen molar-refractivity contribution in [1.29, 1.82) is 0 Å². The number of amides is 1. The third-order valence-corrected chi connectivity index (χ3v) is 2.93. The molecule has 0 bridgehead atoms. The van der Waals surface area contributed by atoms with Crippen molar-refractivity contribution in [3.8, 4) is 0 Å². The van der Waals surface area contributed by atoms with Gasteiger partial charge in [0, 0.05) is 0 Å². The third kappa shape index (κ3) is 3.81. The molecule has 98 valence electrons. The number of halogens is 1. The van der Waals surface area contributed by atoms with Crippen molar-refractivity contribution in [3.05, 3.63) is 70.2 Å². The first-order valence-electron chi connectivity index (χ1n) is 5.89. The number of hydrogen-bond acceptors (Lipinski definition) is 2. The molecule has 0 aliphatic heterocycles. The van der Waals surface area contributed by atoms with Crippen LogP contribution in [0.1, 0.15) is 21.5 Å². The summed E-state index contributed by atoms with van der Waals surface area (Å²) in [6.07, 6.45) is 0. The number of hydroxylamine groups is 1. The van der Waals surface area contributed by atoms with E-state index in [-0.39, 0.29) is 5.91 Å². The average molecular weight is 276 g/mol. The van der Waals surface area contributed by atoms with E-state index in [1.165, 1.54) is 0 Å². The predicted molar refractivity (Wildman–Crippen MR) is 74.9 cm³/mol.